The number of nitrogens with zero attached hydrogens (tertiary/aromatic N) is 1. The van der Waals surface area contributed by atoms with Gasteiger partial charge >= 0.3 is 0 Å². The molecule has 1 aromatic rings. The van der Waals surface area contributed by atoms with E-state index < -0.39 is 22.5 Å². The molecule has 0 aromatic heterocycles. The lowest BCUT2D eigenvalue weighted by Gasteiger charge is -2.18. The van der Waals surface area contributed by atoms with Gasteiger partial charge in [-0.2, -0.15) is 4.31 Å². The maximum Gasteiger partial charge on any atom is 0.253 e. The zero-order chi connectivity index (χ0) is 19.7. The number of aryl methyl sites for hydroxylation is 1. The zero-order valence-electron chi connectivity index (χ0n) is 15.6. The van der Waals surface area contributed by atoms with E-state index in [9.17, 15) is 18.0 Å². The number of carbonyl (C=O) groups excluding carboxylic acids is 2. The van der Waals surface area contributed by atoms with Crippen LogP contribution >= 0.6 is 11.8 Å². The minimum Gasteiger partial charge on any atom is -0.272 e. The number of rotatable bonds is 9. The monoisotopic (exact) mass is 401 g/mol. The lowest BCUT2D eigenvalue weighted by Crippen LogP contribution is -2.48. The lowest BCUT2D eigenvalue weighted by atomic mass is 10.2. The van der Waals surface area contributed by atoms with E-state index in [0.717, 1.165) is 28.5 Å². The molecular formula is C17H27N3O4S2. The van der Waals surface area contributed by atoms with Gasteiger partial charge in [-0.3, -0.25) is 20.4 Å². The van der Waals surface area contributed by atoms with E-state index in [2.05, 4.69) is 17.8 Å². The number of likely N-dealkylation sites (N-methyl/N-ethyl adjacent to an activating group) is 1. The summed E-state index contributed by atoms with van der Waals surface area (Å²) in [6.45, 7) is 5.30. The van der Waals surface area contributed by atoms with E-state index in [4.69, 9.17) is 0 Å². The number of hydrogen-bond acceptors (Lipinski definition) is 5. The van der Waals surface area contributed by atoms with Gasteiger partial charge in [-0.05, 0) is 38.2 Å². The van der Waals surface area contributed by atoms with Crippen molar-refractivity contribution in [3.8, 4) is 0 Å². The molecular weight excluding hydrogens is 374 g/mol. The fourth-order valence-corrected chi connectivity index (χ4v) is 4.08. The number of hydrazine groups is 1. The smallest absolute Gasteiger partial charge is 0.253 e. The summed E-state index contributed by atoms with van der Waals surface area (Å²) in [4.78, 5) is 23.9. The van der Waals surface area contributed by atoms with E-state index in [-0.39, 0.29) is 16.1 Å². The second-order valence-electron chi connectivity index (χ2n) is 5.98. The predicted molar refractivity (Wildman–Crippen MR) is 104 cm³/mol. The average molecular weight is 402 g/mol. The van der Waals surface area contributed by atoms with Gasteiger partial charge in [0.25, 0.3) is 11.8 Å². The van der Waals surface area contributed by atoms with Crippen molar-refractivity contribution in [3.63, 3.8) is 0 Å². The maximum atomic E-state index is 12.4. The number of sulfonamides is 1. The molecule has 0 heterocycles. The van der Waals surface area contributed by atoms with Crippen LogP contribution < -0.4 is 10.9 Å². The Morgan fingerprint density at radius 2 is 1.81 bits per heavy atom. The molecule has 26 heavy (non-hydrogen) atoms. The van der Waals surface area contributed by atoms with Crippen LogP contribution in [0, 0.1) is 6.92 Å². The van der Waals surface area contributed by atoms with Crippen LogP contribution in [0.2, 0.25) is 0 Å². The Kier molecular flexibility index (Phi) is 9.11. The molecule has 1 atom stereocenters. The Balaban J connectivity index is 2.51. The molecule has 0 saturated carbocycles. The minimum atomic E-state index is -3.76. The molecule has 146 valence electrons. The number of thioether (sulfide) groups is 1. The van der Waals surface area contributed by atoms with Crippen molar-refractivity contribution >= 4 is 33.6 Å². The minimum absolute atomic E-state index is 0.114. The number of unbranched alkanes of at least 4 members (excludes halogenated alkanes) is 1. The molecule has 1 unspecified atom stereocenters. The first-order valence-corrected chi connectivity index (χ1v) is 10.9. The number of hydrogen-bond donors (Lipinski definition) is 2. The highest BCUT2D eigenvalue weighted by Gasteiger charge is 2.23. The number of nitrogens with one attached hydrogen (secondary N) is 2. The SMILES string of the molecule is CCCCSC(C)C(=O)NNC(=O)CN(C)S(=O)(=O)c1ccc(C)cc1. The Morgan fingerprint density at radius 1 is 1.19 bits per heavy atom. The summed E-state index contributed by atoms with van der Waals surface area (Å²) in [5, 5.41) is -0.295. The van der Waals surface area contributed by atoms with E-state index in [0.29, 0.717) is 0 Å². The van der Waals surface area contributed by atoms with E-state index >= 15 is 0 Å². The van der Waals surface area contributed by atoms with Crippen LogP contribution in [0.5, 0.6) is 0 Å². The summed E-state index contributed by atoms with van der Waals surface area (Å²) in [5.41, 5.74) is 5.53. The van der Waals surface area contributed by atoms with Crippen LogP contribution in [0.25, 0.3) is 0 Å². The zero-order valence-corrected chi connectivity index (χ0v) is 17.2. The average Bonchev–Trinajstić information content (AvgIpc) is 2.60. The molecule has 2 amide bonds. The molecule has 1 aromatic carbocycles. The fraction of sp³-hybridized carbons (Fsp3) is 0.529. The van der Waals surface area contributed by atoms with Gasteiger partial charge in [0, 0.05) is 7.05 Å². The van der Waals surface area contributed by atoms with Crippen molar-refractivity contribution in [1.29, 1.82) is 0 Å². The fourth-order valence-electron chi connectivity index (χ4n) is 1.93. The van der Waals surface area contributed by atoms with Crippen molar-refractivity contribution in [1.82, 2.24) is 15.2 Å². The highest BCUT2D eigenvalue weighted by Crippen LogP contribution is 2.15. The standard InChI is InChI=1S/C17H27N3O4S2/c1-5-6-11-25-14(3)17(22)19-18-16(21)12-20(4)26(23,24)15-9-7-13(2)8-10-15/h7-10,14H,5-6,11-12H2,1-4H3,(H,18,21)(H,19,22). The quantitative estimate of drug-likeness (QED) is 0.485. The largest absolute Gasteiger partial charge is 0.272 e. The molecule has 0 aliphatic rings. The molecule has 9 heteroatoms. The van der Waals surface area contributed by atoms with Crippen molar-refractivity contribution in [3.05, 3.63) is 29.8 Å². The van der Waals surface area contributed by atoms with Gasteiger partial charge in [0.1, 0.15) is 0 Å². The van der Waals surface area contributed by atoms with Crippen LogP contribution in [0.15, 0.2) is 29.2 Å². The molecule has 7 nitrogen and oxygen atoms in total. The third-order valence-corrected chi connectivity index (χ3v) is 6.71. The summed E-state index contributed by atoms with van der Waals surface area (Å²) in [6.07, 6.45) is 2.08. The topological polar surface area (TPSA) is 95.6 Å². The van der Waals surface area contributed by atoms with Gasteiger partial charge in [-0.1, -0.05) is 31.0 Å². The predicted octanol–water partition coefficient (Wildman–Crippen LogP) is 1.68. The normalized spacial score (nSPS) is 12.7. The van der Waals surface area contributed by atoms with Crippen LogP contribution in [0.3, 0.4) is 0 Å². The number of benzene rings is 1. The molecule has 2 N–H and O–H groups in total. The molecule has 0 saturated heterocycles. The van der Waals surface area contributed by atoms with Gasteiger partial charge in [-0.15, -0.1) is 11.8 Å². The van der Waals surface area contributed by atoms with E-state index in [1.165, 1.54) is 30.9 Å². The number of carbonyl (C=O) groups is 2. The van der Waals surface area contributed by atoms with E-state index in [1.54, 1.807) is 19.1 Å². The van der Waals surface area contributed by atoms with Gasteiger partial charge < -0.3 is 0 Å². The second kappa shape index (κ2) is 10.5. The third kappa shape index (κ3) is 6.97. The first kappa shape index (κ1) is 22.5. The van der Waals surface area contributed by atoms with Crippen molar-refractivity contribution in [2.24, 2.45) is 0 Å². The van der Waals surface area contributed by atoms with Crippen LogP contribution in [-0.2, 0) is 19.6 Å². The molecule has 0 bridgehead atoms. The summed E-state index contributed by atoms with van der Waals surface area (Å²) in [6, 6.07) is 6.38. The summed E-state index contributed by atoms with van der Waals surface area (Å²) < 4.78 is 25.8. The second-order valence-corrected chi connectivity index (χ2v) is 9.47. The Bertz CT molecular complexity index is 705. The lowest BCUT2D eigenvalue weighted by molar-refractivity contribution is -0.128. The maximum absolute atomic E-state index is 12.4. The van der Waals surface area contributed by atoms with Crippen LogP contribution in [0.1, 0.15) is 32.3 Å². The van der Waals surface area contributed by atoms with Gasteiger partial charge in [0.05, 0.1) is 16.7 Å². The highest BCUT2D eigenvalue weighted by molar-refractivity contribution is 8.00. The molecule has 0 aliphatic heterocycles. The van der Waals surface area contributed by atoms with E-state index in [1.807, 2.05) is 6.92 Å². The van der Waals surface area contributed by atoms with Crippen molar-refractivity contribution in [2.75, 3.05) is 19.3 Å². The van der Waals surface area contributed by atoms with Gasteiger partial charge in [-0.25, -0.2) is 8.42 Å². The Morgan fingerprint density at radius 3 is 2.38 bits per heavy atom. The third-order valence-electron chi connectivity index (χ3n) is 3.66. The number of amides is 2. The Hall–Kier alpha value is -1.58. The van der Waals surface area contributed by atoms with Crippen LogP contribution in [-0.4, -0.2) is 49.1 Å². The Labute approximate surface area is 159 Å². The summed E-state index contributed by atoms with van der Waals surface area (Å²) in [7, 11) is -2.45. The first-order valence-electron chi connectivity index (χ1n) is 8.41. The first-order chi connectivity index (χ1) is 12.2. The van der Waals surface area contributed by atoms with Crippen molar-refractivity contribution < 1.29 is 18.0 Å². The molecule has 0 spiro atoms. The molecule has 1 rings (SSSR count). The summed E-state index contributed by atoms with van der Waals surface area (Å²) in [5.74, 6) is -0.0536. The molecule has 0 radical (unpaired) electrons. The van der Waals surface area contributed by atoms with Gasteiger partial charge in [0.15, 0.2) is 0 Å². The van der Waals surface area contributed by atoms with Gasteiger partial charge in [0.2, 0.25) is 10.0 Å². The molecule has 0 aliphatic carbocycles. The summed E-state index contributed by atoms with van der Waals surface area (Å²) >= 11 is 1.51. The molecule has 0 fully saturated rings. The van der Waals surface area contributed by atoms with Crippen LogP contribution in [0.4, 0.5) is 0 Å². The highest BCUT2D eigenvalue weighted by atomic mass is 32.2. The van der Waals surface area contributed by atoms with Crippen molar-refractivity contribution in [2.45, 2.75) is 43.8 Å².